The summed E-state index contributed by atoms with van der Waals surface area (Å²) in [6, 6.07) is 3.44. The van der Waals surface area contributed by atoms with Crippen molar-refractivity contribution >= 4 is 33.5 Å². The Hall–Kier alpha value is -1.64. The topological polar surface area (TPSA) is 95.0 Å². The number of carboxylic acid groups (broad SMARTS) is 1. The fourth-order valence-corrected chi connectivity index (χ4v) is 4.35. The van der Waals surface area contributed by atoms with Crippen molar-refractivity contribution < 1.29 is 23.1 Å². The lowest BCUT2D eigenvalue weighted by Gasteiger charge is -2.18. The van der Waals surface area contributed by atoms with Gasteiger partial charge >= 0.3 is 5.97 Å². The summed E-state index contributed by atoms with van der Waals surface area (Å²) in [5.41, 5.74) is -0.0955. The average Bonchev–Trinajstić information content (AvgIpc) is 3.21. The van der Waals surface area contributed by atoms with Gasteiger partial charge in [-0.1, -0.05) is 11.6 Å². The molecule has 0 aromatic heterocycles. The summed E-state index contributed by atoms with van der Waals surface area (Å²) in [6.45, 7) is 0.372. The molecule has 1 aliphatic carbocycles. The number of aromatic carboxylic acids is 1. The van der Waals surface area contributed by atoms with E-state index in [1.54, 1.807) is 0 Å². The van der Waals surface area contributed by atoms with Gasteiger partial charge in [-0.15, -0.1) is 0 Å². The van der Waals surface area contributed by atoms with Gasteiger partial charge < -0.3 is 10.0 Å². The summed E-state index contributed by atoms with van der Waals surface area (Å²) in [4.78, 5) is 24.2. The molecule has 1 aromatic rings. The van der Waals surface area contributed by atoms with Gasteiger partial charge in [-0.3, -0.25) is 4.79 Å². The van der Waals surface area contributed by atoms with E-state index in [1.165, 1.54) is 11.0 Å². The van der Waals surface area contributed by atoms with E-state index in [4.69, 9.17) is 16.7 Å². The molecule has 7 nitrogen and oxygen atoms in total. The average molecular weight is 359 g/mol. The van der Waals surface area contributed by atoms with Crippen molar-refractivity contribution in [1.82, 2.24) is 9.21 Å². The van der Waals surface area contributed by atoms with E-state index in [9.17, 15) is 18.0 Å². The largest absolute Gasteiger partial charge is 0.478 e. The molecule has 23 heavy (non-hydrogen) atoms. The number of carbonyl (C=O) groups excluding carboxylic acids is 1. The first-order valence-corrected chi connectivity index (χ1v) is 8.91. The molecule has 2 aliphatic rings. The zero-order valence-electron chi connectivity index (χ0n) is 12.1. The molecule has 1 saturated heterocycles. The van der Waals surface area contributed by atoms with Crippen LogP contribution in [0.25, 0.3) is 0 Å². The Morgan fingerprint density at radius 1 is 1.35 bits per heavy atom. The maximum absolute atomic E-state index is 12.6. The number of hydrogen-bond donors (Lipinski definition) is 1. The first-order valence-electron chi connectivity index (χ1n) is 7.10. The van der Waals surface area contributed by atoms with Crippen LogP contribution in [0.15, 0.2) is 23.1 Å². The lowest BCUT2D eigenvalue weighted by molar-refractivity contribution is -0.126. The normalized spacial score (nSPS) is 19.3. The van der Waals surface area contributed by atoms with E-state index in [2.05, 4.69) is 0 Å². The van der Waals surface area contributed by atoms with Crippen LogP contribution in [0.1, 0.15) is 23.2 Å². The standard InChI is InChI=1S/C14H15ClN2O5S/c15-11-5-10(14(19)20)3-4-12(11)23(21,22)17-7-13(18)16(8-17)6-9-1-2-9/h3-5,9H,1-2,6-8H2,(H,19,20). The third-order valence-corrected chi connectivity index (χ3v) is 6.23. The second-order valence-electron chi connectivity index (χ2n) is 5.77. The van der Waals surface area contributed by atoms with Crippen LogP contribution in [0.2, 0.25) is 5.02 Å². The number of rotatable bonds is 5. The summed E-state index contributed by atoms with van der Waals surface area (Å²) in [6.07, 6.45) is 2.14. The van der Waals surface area contributed by atoms with Gasteiger partial charge in [-0.25, -0.2) is 13.2 Å². The summed E-state index contributed by atoms with van der Waals surface area (Å²) >= 11 is 5.94. The van der Waals surface area contributed by atoms with Gasteiger partial charge in [0, 0.05) is 6.54 Å². The van der Waals surface area contributed by atoms with Gasteiger partial charge in [-0.2, -0.15) is 4.31 Å². The van der Waals surface area contributed by atoms with Gasteiger partial charge in [0.1, 0.15) is 4.90 Å². The molecule has 0 bridgehead atoms. The quantitative estimate of drug-likeness (QED) is 0.854. The maximum atomic E-state index is 12.6. The van der Waals surface area contributed by atoms with Crippen LogP contribution in [0.5, 0.6) is 0 Å². The third kappa shape index (κ3) is 3.19. The molecular weight excluding hydrogens is 344 g/mol. The highest BCUT2D eigenvalue weighted by molar-refractivity contribution is 7.89. The van der Waals surface area contributed by atoms with Crippen molar-refractivity contribution in [2.75, 3.05) is 19.8 Å². The number of halogens is 1. The Morgan fingerprint density at radius 3 is 2.61 bits per heavy atom. The lowest BCUT2D eigenvalue weighted by atomic mass is 10.2. The fourth-order valence-electron chi connectivity index (χ4n) is 2.48. The highest BCUT2D eigenvalue weighted by Gasteiger charge is 2.39. The second-order valence-corrected chi connectivity index (χ2v) is 8.08. The number of benzene rings is 1. The minimum atomic E-state index is -3.95. The van der Waals surface area contributed by atoms with Gasteiger partial charge in [-0.05, 0) is 37.0 Å². The predicted molar refractivity (Wildman–Crippen MR) is 81.6 cm³/mol. The molecular formula is C14H15ClN2O5S. The number of carbonyl (C=O) groups is 2. The molecule has 1 amide bonds. The number of hydrogen-bond acceptors (Lipinski definition) is 4. The van der Waals surface area contributed by atoms with E-state index in [1.807, 2.05) is 0 Å². The van der Waals surface area contributed by atoms with Crippen molar-refractivity contribution in [2.45, 2.75) is 17.7 Å². The van der Waals surface area contributed by atoms with Gasteiger partial charge in [0.2, 0.25) is 15.9 Å². The van der Waals surface area contributed by atoms with Gasteiger partial charge in [0.25, 0.3) is 0 Å². The highest BCUT2D eigenvalue weighted by Crippen LogP contribution is 2.32. The molecule has 2 fully saturated rings. The number of sulfonamides is 1. The Morgan fingerprint density at radius 2 is 2.04 bits per heavy atom. The van der Waals surface area contributed by atoms with Crippen molar-refractivity contribution in [2.24, 2.45) is 5.92 Å². The van der Waals surface area contributed by atoms with E-state index in [-0.39, 0.29) is 34.6 Å². The van der Waals surface area contributed by atoms with Crippen LogP contribution in [0.3, 0.4) is 0 Å². The van der Waals surface area contributed by atoms with Gasteiger partial charge in [0.05, 0.1) is 23.8 Å². The van der Waals surface area contributed by atoms with Crippen LogP contribution < -0.4 is 0 Å². The van der Waals surface area contributed by atoms with E-state index >= 15 is 0 Å². The first kappa shape index (κ1) is 16.2. The Balaban J connectivity index is 1.84. The molecule has 1 saturated carbocycles. The van der Waals surface area contributed by atoms with Crippen molar-refractivity contribution in [3.8, 4) is 0 Å². The predicted octanol–water partition coefficient (Wildman–Crippen LogP) is 1.24. The van der Waals surface area contributed by atoms with Crippen LogP contribution in [-0.2, 0) is 14.8 Å². The maximum Gasteiger partial charge on any atom is 0.335 e. The molecule has 0 radical (unpaired) electrons. The van der Waals surface area contributed by atoms with E-state index in [0.29, 0.717) is 12.5 Å². The lowest BCUT2D eigenvalue weighted by Crippen LogP contribution is -2.32. The number of nitrogens with zero attached hydrogens (tertiary/aromatic N) is 2. The highest BCUT2D eigenvalue weighted by atomic mass is 35.5. The van der Waals surface area contributed by atoms with Crippen LogP contribution in [-0.4, -0.2) is 54.4 Å². The molecule has 0 spiro atoms. The molecule has 9 heteroatoms. The molecule has 1 aromatic carbocycles. The van der Waals surface area contributed by atoms with E-state index in [0.717, 1.165) is 29.3 Å². The Bertz CT molecular complexity index is 775. The number of amides is 1. The Kier molecular flexibility index (Phi) is 4.07. The minimum absolute atomic E-state index is 0.00861. The molecule has 3 rings (SSSR count). The first-order chi connectivity index (χ1) is 10.8. The summed E-state index contributed by atoms with van der Waals surface area (Å²) < 4.78 is 26.4. The van der Waals surface area contributed by atoms with Crippen molar-refractivity contribution in [3.05, 3.63) is 28.8 Å². The molecule has 0 unspecified atom stereocenters. The van der Waals surface area contributed by atoms with Crippen LogP contribution >= 0.6 is 11.6 Å². The smallest absolute Gasteiger partial charge is 0.335 e. The monoisotopic (exact) mass is 358 g/mol. The minimum Gasteiger partial charge on any atom is -0.478 e. The Labute approximate surface area is 138 Å². The molecule has 1 aliphatic heterocycles. The molecule has 0 atom stereocenters. The van der Waals surface area contributed by atoms with Crippen LogP contribution in [0.4, 0.5) is 0 Å². The van der Waals surface area contributed by atoms with Crippen molar-refractivity contribution in [3.63, 3.8) is 0 Å². The van der Waals surface area contributed by atoms with Gasteiger partial charge in [0.15, 0.2) is 0 Å². The summed E-state index contributed by atoms with van der Waals surface area (Å²) in [5.74, 6) is -0.943. The van der Waals surface area contributed by atoms with Crippen molar-refractivity contribution in [1.29, 1.82) is 0 Å². The zero-order valence-corrected chi connectivity index (χ0v) is 13.7. The number of carboxylic acids is 1. The zero-order chi connectivity index (χ0) is 16.8. The second kappa shape index (κ2) is 5.77. The third-order valence-electron chi connectivity index (χ3n) is 3.96. The van der Waals surface area contributed by atoms with E-state index < -0.39 is 16.0 Å². The summed E-state index contributed by atoms with van der Waals surface area (Å²) in [5, 5.41) is 8.74. The SMILES string of the molecule is O=C(O)c1ccc(S(=O)(=O)N2CC(=O)N(CC3CC3)C2)c(Cl)c1. The fraction of sp³-hybridized carbons (Fsp3) is 0.429. The molecule has 1 N–H and O–H groups in total. The summed E-state index contributed by atoms with van der Waals surface area (Å²) in [7, 11) is -3.95. The molecule has 124 valence electrons. The van der Waals surface area contributed by atoms with Crippen LogP contribution in [0, 0.1) is 5.92 Å². The molecule has 1 heterocycles.